The Labute approximate surface area is 114 Å². The molecule has 0 atom stereocenters. The zero-order valence-corrected chi connectivity index (χ0v) is 14.9. The zero-order chi connectivity index (χ0) is 14.3. The van der Waals surface area contributed by atoms with Crippen LogP contribution in [0, 0.1) is 0 Å². The standard InChI is InChI=1S/C15H27NSi2/c1-11(2)12-9-10-13(17(3,4)5)15(14(12)16)18(6,7)8/h9-10H,1,16H2,2-8H3. The van der Waals surface area contributed by atoms with E-state index in [2.05, 4.69) is 58.0 Å². The first kappa shape index (κ1) is 15.3. The number of nitrogen functional groups attached to an aromatic ring is 1. The van der Waals surface area contributed by atoms with Crippen molar-refractivity contribution < 1.29 is 0 Å². The fourth-order valence-corrected chi connectivity index (χ4v) is 7.98. The molecule has 0 spiro atoms. The second kappa shape index (κ2) is 4.70. The van der Waals surface area contributed by atoms with Crippen LogP contribution in [0.2, 0.25) is 39.3 Å². The highest BCUT2D eigenvalue weighted by Crippen LogP contribution is 2.21. The van der Waals surface area contributed by atoms with Gasteiger partial charge in [-0.25, -0.2) is 0 Å². The Kier molecular flexibility index (Phi) is 3.98. The minimum atomic E-state index is -1.44. The second-order valence-electron chi connectivity index (χ2n) is 7.23. The Morgan fingerprint density at radius 3 is 1.83 bits per heavy atom. The third kappa shape index (κ3) is 2.95. The molecule has 1 rings (SSSR count). The molecule has 0 unspecified atom stereocenters. The Morgan fingerprint density at radius 2 is 1.50 bits per heavy atom. The average molecular weight is 278 g/mol. The number of hydrogen-bond acceptors (Lipinski definition) is 1. The van der Waals surface area contributed by atoms with Gasteiger partial charge in [0.05, 0.1) is 16.1 Å². The number of benzene rings is 1. The average Bonchev–Trinajstić information content (AvgIpc) is 2.12. The van der Waals surface area contributed by atoms with E-state index in [1.165, 1.54) is 10.4 Å². The van der Waals surface area contributed by atoms with E-state index in [0.29, 0.717) is 0 Å². The molecule has 1 nitrogen and oxygen atoms in total. The summed E-state index contributed by atoms with van der Waals surface area (Å²) in [5.74, 6) is 0. The number of nitrogens with two attached hydrogens (primary N) is 1. The highest BCUT2D eigenvalue weighted by Gasteiger charge is 2.30. The van der Waals surface area contributed by atoms with Crippen LogP contribution in [0.5, 0.6) is 0 Å². The molecule has 0 bridgehead atoms. The van der Waals surface area contributed by atoms with Crippen molar-refractivity contribution in [2.75, 3.05) is 5.73 Å². The molecule has 0 amide bonds. The molecule has 0 heterocycles. The summed E-state index contributed by atoms with van der Waals surface area (Å²) >= 11 is 0. The van der Waals surface area contributed by atoms with Gasteiger partial charge in [0.2, 0.25) is 0 Å². The van der Waals surface area contributed by atoms with Gasteiger partial charge in [-0.2, -0.15) is 0 Å². The Balaban J connectivity index is 3.69. The van der Waals surface area contributed by atoms with Crippen LogP contribution in [0.4, 0.5) is 5.69 Å². The van der Waals surface area contributed by atoms with Crippen LogP contribution in [0.3, 0.4) is 0 Å². The van der Waals surface area contributed by atoms with E-state index < -0.39 is 16.1 Å². The van der Waals surface area contributed by atoms with Crippen molar-refractivity contribution in [1.82, 2.24) is 0 Å². The smallest absolute Gasteiger partial charge is 0.0801 e. The molecule has 0 fully saturated rings. The van der Waals surface area contributed by atoms with Crippen LogP contribution in [0.15, 0.2) is 18.7 Å². The second-order valence-corrected chi connectivity index (χ2v) is 17.3. The first-order chi connectivity index (χ1) is 7.96. The fourth-order valence-electron chi connectivity index (χ4n) is 2.42. The highest BCUT2D eigenvalue weighted by molar-refractivity contribution is 6.99. The van der Waals surface area contributed by atoms with E-state index in [1.807, 2.05) is 6.92 Å². The van der Waals surface area contributed by atoms with Gasteiger partial charge in [0.15, 0.2) is 0 Å². The maximum atomic E-state index is 6.46. The first-order valence-electron chi connectivity index (χ1n) is 6.55. The first-order valence-corrected chi connectivity index (χ1v) is 13.6. The van der Waals surface area contributed by atoms with E-state index in [1.54, 1.807) is 0 Å². The molecule has 0 saturated heterocycles. The normalized spacial score (nSPS) is 12.6. The zero-order valence-electron chi connectivity index (χ0n) is 12.9. The Bertz CT molecular complexity index is 476. The molecule has 0 aliphatic rings. The van der Waals surface area contributed by atoms with Crippen LogP contribution in [-0.4, -0.2) is 16.1 Å². The van der Waals surface area contributed by atoms with Crippen LogP contribution >= 0.6 is 0 Å². The lowest BCUT2D eigenvalue weighted by molar-refractivity contribution is 1.58. The number of rotatable bonds is 3. The van der Waals surface area contributed by atoms with E-state index in [9.17, 15) is 0 Å². The van der Waals surface area contributed by atoms with Gasteiger partial charge in [-0.05, 0) is 23.2 Å². The lowest BCUT2D eigenvalue weighted by Crippen LogP contribution is -2.57. The molecule has 0 saturated carbocycles. The van der Waals surface area contributed by atoms with E-state index in [4.69, 9.17) is 5.73 Å². The van der Waals surface area contributed by atoms with Crippen molar-refractivity contribution in [3.8, 4) is 0 Å². The molecule has 0 aromatic heterocycles. The van der Waals surface area contributed by atoms with Crippen molar-refractivity contribution in [3.63, 3.8) is 0 Å². The Hall–Kier alpha value is -0.806. The molecule has 1 aromatic carbocycles. The quantitative estimate of drug-likeness (QED) is 0.665. The van der Waals surface area contributed by atoms with E-state index in [0.717, 1.165) is 16.8 Å². The monoisotopic (exact) mass is 277 g/mol. The lowest BCUT2D eigenvalue weighted by Gasteiger charge is -2.30. The van der Waals surface area contributed by atoms with Gasteiger partial charge in [-0.3, -0.25) is 0 Å². The van der Waals surface area contributed by atoms with Crippen molar-refractivity contribution in [2.45, 2.75) is 46.2 Å². The third-order valence-corrected chi connectivity index (χ3v) is 7.58. The molecule has 0 radical (unpaired) electrons. The summed E-state index contributed by atoms with van der Waals surface area (Å²) < 4.78 is 0. The van der Waals surface area contributed by atoms with Crippen molar-refractivity contribution >= 4 is 37.8 Å². The summed E-state index contributed by atoms with van der Waals surface area (Å²) in [6, 6.07) is 4.47. The fraction of sp³-hybridized carbons (Fsp3) is 0.467. The van der Waals surface area contributed by atoms with Gasteiger partial charge in [0.1, 0.15) is 0 Å². The molecule has 100 valence electrons. The third-order valence-electron chi connectivity index (χ3n) is 3.26. The predicted octanol–water partition coefficient (Wildman–Crippen LogP) is 3.39. The van der Waals surface area contributed by atoms with Gasteiger partial charge in [0.25, 0.3) is 0 Å². The topological polar surface area (TPSA) is 26.0 Å². The molecule has 0 aliphatic heterocycles. The van der Waals surface area contributed by atoms with Gasteiger partial charge in [-0.1, -0.05) is 63.2 Å². The molecule has 3 heteroatoms. The molecule has 1 aromatic rings. The molecular weight excluding hydrogens is 250 g/mol. The minimum absolute atomic E-state index is 0.988. The SMILES string of the molecule is C=C(C)c1ccc([Si](C)(C)C)c([Si](C)(C)C)c1N. The maximum absolute atomic E-state index is 6.46. The van der Waals surface area contributed by atoms with Crippen LogP contribution in [0.25, 0.3) is 5.57 Å². The van der Waals surface area contributed by atoms with E-state index in [-0.39, 0.29) is 0 Å². The van der Waals surface area contributed by atoms with Gasteiger partial charge < -0.3 is 5.73 Å². The summed E-state index contributed by atoms with van der Waals surface area (Å²) in [6.45, 7) is 20.4. The van der Waals surface area contributed by atoms with Crippen LogP contribution in [-0.2, 0) is 0 Å². The number of allylic oxidation sites excluding steroid dienone is 1. The van der Waals surface area contributed by atoms with Gasteiger partial charge in [0, 0.05) is 5.69 Å². The number of anilines is 1. The lowest BCUT2D eigenvalue weighted by atomic mass is 10.1. The summed E-state index contributed by atoms with van der Waals surface area (Å²) in [5, 5.41) is 2.99. The molecule has 2 N–H and O–H groups in total. The summed E-state index contributed by atoms with van der Waals surface area (Å²) in [6.07, 6.45) is 0. The van der Waals surface area contributed by atoms with Crippen LogP contribution < -0.4 is 16.1 Å². The molecular formula is C15H27NSi2. The van der Waals surface area contributed by atoms with Crippen molar-refractivity contribution in [1.29, 1.82) is 0 Å². The van der Waals surface area contributed by atoms with Crippen molar-refractivity contribution in [2.24, 2.45) is 0 Å². The highest BCUT2D eigenvalue weighted by atomic mass is 28.3. The largest absolute Gasteiger partial charge is 0.398 e. The summed E-state index contributed by atoms with van der Waals surface area (Å²) in [5.41, 5.74) is 9.65. The Morgan fingerprint density at radius 1 is 1.00 bits per heavy atom. The van der Waals surface area contributed by atoms with Gasteiger partial charge in [-0.15, -0.1) is 0 Å². The predicted molar refractivity (Wildman–Crippen MR) is 91.5 cm³/mol. The summed E-state index contributed by atoms with van der Waals surface area (Å²) in [4.78, 5) is 0. The van der Waals surface area contributed by atoms with Crippen molar-refractivity contribution in [3.05, 3.63) is 24.3 Å². The van der Waals surface area contributed by atoms with E-state index >= 15 is 0 Å². The van der Waals surface area contributed by atoms with Gasteiger partial charge >= 0.3 is 0 Å². The molecule has 0 aliphatic carbocycles. The summed E-state index contributed by atoms with van der Waals surface area (Å²) in [7, 11) is -2.79. The number of hydrogen-bond donors (Lipinski definition) is 1. The minimum Gasteiger partial charge on any atom is -0.398 e. The molecule has 18 heavy (non-hydrogen) atoms. The maximum Gasteiger partial charge on any atom is 0.0801 e. The van der Waals surface area contributed by atoms with Crippen LogP contribution in [0.1, 0.15) is 12.5 Å².